The molecule has 4 aromatic carbocycles. The molecule has 0 aliphatic carbocycles. The molecule has 0 saturated carbocycles. The van der Waals surface area contributed by atoms with Crippen molar-refractivity contribution < 1.29 is 9.90 Å². The summed E-state index contributed by atoms with van der Waals surface area (Å²) < 4.78 is 4.37. The summed E-state index contributed by atoms with van der Waals surface area (Å²) in [5.41, 5.74) is 2.58. The van der Waals surface area contributed by atoms with Crippen molar-refractivity contribution in [1.82, 2.24) is 23.8 Å². The zero-order valence-corrected chi connectivity index (χ0v) is 24.0. The lowest BCUT2D eigenvalue weighted by atomic mass is 10.0. The van der Waals surface area contributed by atoms with Crippen molar-refractivity contribution in [2.75, 3.05) is 13.6 Å². The van der Waals surface area contributed by atoms with Crippen LogP contribution in [0.15, 0.2) is 107 Å². The topological polar surface area (TPSA) is 102 Å². The van der Waals surface area contributed by atoms with E-state index in [2.05, 4.69) is 17.0 Å². The third-order valence-electron chi connectivity index (χ3n) is 7.81. The number of fused-ring (bicyclic) bond motifs is 2. The second kappa shape index (κ2) is 11.5. The van der Waals surface area contributed by atoms with Crippen molar-refractivity contribution in [3.63, 3.8) is 0 Å². The molecule has 2 aromatic heterocycles. The van der Waals surface area contributed by atoms with Crippen molar-refractivity contribution in [1.29, 1.82) is 0 Å². The molecule has 0 aliphatic rings. The number of carboxylic acid groups (broad SMARTS) is 1. The molecule has 0 aliphatic heterocycles. The standard InChI is InChI=1S/C34H31N5O4/c1-36(21-23-10-4-3-5-11-23)18-19-38-31-29(32(40)37(2)34(38)43)30(25-14-9-15-26(20-25)33(41)42)39(35-31)22-27-16-8-13-24-12-6-7-17-28(24)27/h3-17,20H,18-19,21-22H2,1-2H3,(H,41,42). The molecule has 0 radical (unpaired) electrons. The Hall–Kier alpha value is -5.28. The summed E-state index contributed by atoms with van der Waals surface area (Å²) in [6, 6.07) is 30.6. The summed E-state index contributed by atoms with van der Waals surface area (Å²) in [5, 5.41) is 17.0. The van der Waals surface area contributed by atoms with Crippen molar-refractivity contribution >= 4 is 27.8 Å². The minimum atomic E-state index is -1.07. The first-order valence-corrected chi connectivity index (χ1v) is 14.0. The maximum atomic E-state index is 13.7. The molecule has 0 spiro atoms. The van der Waals surface area contributed by atoms with E-state index < -0.39 is 17.2 Å². The fourth-order valence-corrected chi connectivity index (χ4v) is 5.61. The maximum Gasteiger partial charge on any atom is 0.335 e. The zero-order chi connectivity index (χ0) is 30.1. The third kappa shape index (κ3) is 5.38. The molecule has 216 valence electrons. The van der Waals surface area contributed by atoms with Crippen molar-refractivity contribution in [2.24, 2.45) is 7.05 Å². The molecule has 2 heterocycles. The molecule has 0 amide bonds. The van der Waals surface area contributed by atoms with E-state index in [4.69, 9.17) is 5.10 Å². The van der Waals surface area contributed by atoms with Gasteiger partial charge in [0.2, 0.25) is 0 Å². The van der Waals surface area contributed by atoms with Gasteiger partial charge in [0, 0.05) is 32.2 Å². The quantitative estimate of drug-likeness (QED) is 0.271. The Bertz CT molecular complexity index is 2090. The smallest absolute Gasteiger partial charge is 0.335 e. The van der Waals surface area contributed by atoms with Crippen LogP contribution in [0.25, 0.3) is 33.1 Å². The number of benzene rings is 4. The normalized spacial score (nSPS) is 11.5. The van der Waals surface area contributed by atoms with E-state index in [0.29, 0.717) is 37.4 Å². The fraction of sp³-hybridized carbons (Fsp3) is 0.176. The van der Waals surface area contributed by atoms with Crippen LogP contribution in [-0.2, 0) is 26.7 Å². The molecule has 9 heteroatoms. The van der Waals surface area contributed by atoms with Gasteiger partial charge in [-0.15, -0.1) is 0 Å². The van der Waals surface area contributed by atoms with Crippen molar-refractivity contribution in [2.45, 2.75) is 19.6 Å². The lowest BCUT2D eigenvalue weighted by molar-refractivity contribution is 0.0697. The summed E-state index contributed by atoms with van der Waals surface area (Å²) >= 11 is 0. The average Bonchev–Trinajstić information content (AvgIpc) is 3.39. The molecule has 0 bridgehead atoms. The number of likely N-dealkylation sites (N-methyl/N-ethyl adjacent to an activating group) is 1. The van der Waals surface area contributed by atoms with Gasteiger partial charge in [0.05, 0.1) is 17.8 Å². The molecule has 9 nitrogen and oxygen atoms in total. The van der Waals surface area contributed by atoms with Crippen LogP contribution in [-0.4, -0.2) is 48.5 Å². The Morgan fingerprint density at radius 1 is 0.907 bits per heavy atom. The van der Waals surface area contributed by atoms with Gasteiger partial charge < -0.3 is 10.0 Å². The first kappa shape index (κ1) is 27.9. The van der Waals surface area contributed by atoms with Gasteiger partial charge in [-0.05, 0) is 41.1 Å². The number of carboxylic acids is 1. The summed E-state index contributed by atoms with van der Waals surface area (Å²) in [6.07, 6.45) is 0. The van der Waals surface area contributed by atoms with Crippen LogP contribution >= 0.6 is 0 Å². The van der Waals surface area contributed by atoms with Gasteiger partial charge in [0.25, 0.3) is 5.56 Å². The molecule has 0 saturated heterocycles. The second-order valence-corrected chi connectivity index (χ2v) is 10.8. The molecule has 0 unspecified atom stereocenters. The average molecular weight is 574 g/mol. The lowest BCUT2D eigenvalue weighted by Crippen LogP contribution is -2.39. The SMILES string of the molecule is CN(CCn1c(=O)n(C)c(=O)c2c(-c3cccc(C(=O)O)c3)n(Cc3cccc4ccccc34)nc21)Cc1ccccc1. The number of hydrogen-bond donors (Lipinski definition) is 1. The van der Waals surface area contributed by atoms with Gasteiger partial charge in [-0.3, -0.25) is 18.6 Å². The van der Waals surface area contributed by atoms with Gasteiger partial charge in [-0.2, -0.15) is 5.10 Å². The van der Waals surface area contributed by atoms with Crippen LogP contribution in [0.1, 0.15) is 21.5 Å². The van der Waals surface area contributed by atoms with Crippen LogP contribution in [0.3, 0.4) is 0 Å². The van der Waals surface area contributed by atoms with E-state index in [9.17, 15) is 19.5 Å². The third-order valence-corrected chi connectivity index (χ3v) is 7.81. The predicted octanol–water partition coefficient (Wildman–Crippen LogP) is 4.60. The second-order valence-electron chi connectivity index (χ2n) is 10.8. The summed E-state index contributed by atoms with van der Waals surface area (Å²) in [7, 11) is 3.45. The Balaban J connectivity index is 1.52. The highest BCUT2D eigenvalue weighted by atomic mass is 16.4. The van der Waals surface area contributed by atoms with Gasteiger partial charge in [-0.1, -0.05) is 84.9 Å². The van der Waals surface area contributed by atoms with Crippen LogP contribution in [0, 0.1) is 0 Å². The van der Waals surface area contributed by atoms with E-state index in [1.807, 2.05) is 67.7 Å². The number of carbonyl (C=O) groups is 1. The van der Waals surface area contributed by atoms with E-state index in [0.717, 1.165) is 26.5 Å². The first-order chi connectivity index (χ1) is 20.8. The molecule has 6 aromatic rings. The van der Waals surface area contributed by atoms with E-state index >= 15 is 0 Å². The van der Waals surface area contributed by atoms with Gasteiger partial charge in [-0.25, -0.2) is 9.59 Å². The molecular weight excluding hydrogens is 542 g/mol. The summed E-state index contributed by atoms with van der Waals surface area (Å²) in [4.78, 5) is 41.2. The zero-order valence-electron chi connectivity index (χ0n) is 24.0. The van der Waals surface area contributed by atoms with Crippen LogP contribution in [0.2, 0.25) is 0 Å². The fourth-order valence-electron chi connectivity index (χ4n) is 5.61. The van der Waals surface area contributed by atoms with Crippen LogP contribution in [0.4, 0.5) is 0 Å². The van der Waals surface area contributed by atoms with Crippen LogP contribution < -0.4 is 11.2 Å². The lowest BCUT2D eigenvalue weighted by Gasteiger charge is -2.18. The molecule has 43 heavy (non-hydrogen) atoms. The van der Waals surface area contributed by atoms with E-state index in [-0.39, 0.29) is 16.6 Å². The van der Waals surface area contributed by atoms with Gasteiger partial charge in [0.15, 0.2) is 5.65 Å². The monoisotopic (exact) mass is 573 g/mol. The highest BCUT2D eigenvalue weighted by Crippen LogP contribution is 2.29. The van der Waals surface area contributed by atoms with E-state index in [1.165, 1.54) is 13.1 Å². The number of nitrogens with zero attached hydrogens (tertiary/aromatic N) is 5. The first-order valence-electron chi connectivity index (χ1n) is 14.0. The van der Waals surface area contributed by atoms with E-state index in [1.54, 1.807) is 27.4 Å². The Morgan fingerprint density at radius 2 is 1.63 bits per heavy atom. The molecule has 1 N–H and O–H groups in total. The minimum Gasteiger partial charge on any atom is -0.478 e. The molecule has 0 fully saturated rings. The molecule has 6 rings (SSSR count). The predicted molar refractivity (Wildman–Crippen MR) is 167 cm³/mol. The summed E-state index contributed by atoms with van der Waals surface area (Å²) in [6.45, 7) is 1.87. The number of rotatable bonds is 9. The Morgan fingerprint density at radius 3 is 2.42 bits per heavy atom. The van der Waals surface area contributed by atoms with Crippen LogP contribution in [0.5, 0.6) is 0 Å². The van der Waals surface area contributed by atoms with Crippen molar-refractivity contribution in [3.8, 4) is 11.3 Å². The molecule has 0 atom stereocenters. The number of aromatic carboxylic acids is 1. The van der Waals surface area contributed by atoms with Gasteiger partial charge >= 0.3 is 11.7 Å². The Labute approximate surface area is 247 Å². The highest BCUT2D eigenvalue weighted by Gasteiger charge is 2.23. The number of aromatic nitrogens is 4. The molecular formula is C34H31N5O4. The van der Waals surface area contributed by atoms with Gasteiger partial charge in [0.1, 0.15) is 5.39 Å². The Kier molecular flexibility index (Phi) is 7.48. The minimum absolute atomic E-state index is 0.0937. The largest absolute Gasteiger partial charge is 0.478 e. The summed E-state index contributed by atoms with van der Waals surface area (Å²) in [5.74, 6) is -1.07. The maximum absolute atomic E-state index is 13.7. The highest BCUT2D eigenvalue weighted by molar-refractivity contribution is 5.94. The van der Waals surface area contributed by atoms with Crippen molar-refractivity contribution in [3.05, 3.63) is 135 Å². The number of hydrogen-bond acceptors (Lipinski definition) is 5.